The molecule has 0 saturated carbocycles. The molecule has 1 atom stereocenters. The van der Waals surface area contributed by atoms with Gasteiger partial charge in [0.1, 0.15) is 0 Å². The van der Waals surface area contributed by atoms with Gasteiger partial charge in [-0.25, -0.2) is 0 Å². The molecule has 2 N–H and O–H groups in total. The lowest BCUT2D eigenvalue weighted by Gasteiger charge is -2.21. The Balaban J connectivity index is 2.00. The third-order valence-corrected chi connectivity index (χ3v) is 4.60. The summed E-state index contributed by atoms with van der Waals surface area (Å²) in [6.45, 7) is 0. The van der Waals surface area contributed by atoms with Crippen molar-refractivity contribution >= 4 is 52.2 Å². The molecule has 1 heterocycles. The first-order valence-electron chi connectivity index (χ1n) is 6.64. The van der Waals surface area contributed by atoms with Crippen molar-refractivity contribution in [3.63, 3.8) is 0 Å². The standard InChI is InChI=1S/C16H10Cl3NO3/c17-9-3-1-8(2-4-9)12(21)7-16(23)13-10(18)5-6-11(19)14(13)20-15(16)22/h1-6,23H,7H2,(H,20,22)/t16-/m1/s1. The second-order valence-corrected chi connectivity index (χ2v) is 6.45. The molecule has 4 nitrogen and oxygen atoms in total. The van der Waals surface area contributed by atoms with Crippen molar-refractivity contribution in [2.75, 3.05) is 5.32 Å². The molecule has 118 valence electrons. The van der Waals surface area contributed by atoms with Gasteiger partial charge >= 0.3 is 0 Å². The topological polar surface area (TPSA) is 66.4 Å². The normalized spacial score (nSPS) is 19.4. The van der Waals surface area contributed by atoms with E-state index in [4.69, 9.17) is 34.8 Å². The minimum absolute atomic E-state index is 0.124. The first kappa shape index (κ1) is 16.3. The van der Waals surface area contributed by atoms with E-state index in [1.54, 1.807) is 12.1 Å². The number of benzene rings is 2. The lowest BCUT2D eigenvalue weighted by Crippen LogP contribution is -2.36. The van der Waals surface area contributed by atoms with Crippen molar-refractivity contribution < 1.29 is 14.7 Å². The molecule has 0 aliphatic carbocycles. The van der Waals surface area contributed by atoms with Gasteiger partial charge in [-0.1, -0.05) is 34.8 Å². The van der Waals surface area contributed by atoms with E-state index in [9.17, 15) is 14.7 Å². The van der Waals surface area contributed by atoms with E-state index in [-0.39, 0.29) is 21.3 Å². The lowest BCUT2D eigenvalue weighted by atomic mass is 9.88. The number of aliphatic hydroxyl groups is 1. The monoisotopic (exact) mass is 369 g/mol. The Hall–Kier alpha value is -1.59. The van der Waals surface area contributed by atoms with Gasteiger partial charge in [-0.2, -0.15) is 0 Å². The van der Waals surface area contributed by atoms with Crippen molar-refractivity contribution in [1.29, 1.82) is 0 Å². The third kappa shape index (κ3) is 2.72. The molecule has 0 spiro atoms. The van der Waals surface area contributed by atoms with Crippen LogP contribution >= 0.6 is 34.8 Å². The second kappa shape index (κ2) is 5.80. The highest BCUT2D eigenvalue weighted by atomic mass is 35.5. The highest BCUT2D eigenvalue weighted by Gasteiger charge is 2.49. The second-order valence-electron chi connectivity index (χ2n) is 5.20. The van der Waals surface area contributed by atoms with Gasteiger partial charge in [-0.05, 0) is 36.4 Å². The Morgan fingerprint density at radius 2 is 1.65 bits per heavy atom. The molecule has 0 fully saturated rings. The first-order valence-corrected chi connectivity index (χ1v) is 7.77. The van der Waals surface area contributed by atoms with Gasteiger partial charge in [0, 0.05) is 21.2 Å². The SMILES string of the molecule is O=C(C[C@]1(O)C(=O)Nc2c(Cl)ccc(Cl)c21)c1ccc(Cl)cc1. The fraction of sp³-hybridized carbons (Fsp3) is 0.125. The average Bonchev–Trinajstić information content (AvgIpc) is 2.77. The maximum atomic E-state index is 12.4. The Morgan fingerprint density at radius 3 is 2.30 bits per heavy atom. The first-order chi connectivity index (χ1) is 10.8. The number of anilines is 1. The Labute approximate surface area is 147 Å². The Morgan fingerprint density at radius 1 is 1.04 bits per heavy atom. The van der Waals surface area contributed by atoms with Crippen LogP contribution in [0, 0.1) is 0 Å². The van der Waals surface area contributed by atoms with Crippen LogP contribution in [0.4, 0.5) is 5.69 Å². The van der Waals surface area contributed by atoms with E-state index in [1.807, 2.05) is 0 Å². The number of carbonyl (C=O) groups is 2. The smallest absolute Gasteiger partial charge is 0.261 e. The number of hydrogen-bond donors (Lipinski definition) is 2. The molecule has 23 heavy (non-hydrogen) atoms. The summed E-state index contributed by atoms with van der Waals surface area (Å²) in [6, 6.07) is 9.16. The summed E-state index contributed by atoms with van der Waals surface area (Å²) < 4.78 is 0. The van der Waals surface area contributed by atoms with Crippen LogP contribution in [-0.2, 0) is 10.4 Å². The highest BCUT2D eigenvalue weighted by molar-refractivity contribution is 6.38. The zero-order valence-corrected chi connectivity index (χ0v) is 13.8. The Bertz CT molecular complexity index is 820. The molecule has 1 aliphatic heterocycles. The van der Waals surface area contributed by atoms with Crippen molar-refractivity contribution in [2.45, 2.75) is 12.0 Å². The number of carbonyl (C=O) groups excluding carboxylic acids is 2. The lowest BCUT2D eigenvalue weighted by molar-refractivity contribution is -0.133. The zero-order chi connectivity index (χ0) is 16.8. The summed E-state index contributed by atoms with van der Waals surface area (Å²) in [5, 5.41) is 14.2. The molecular weight excluding hydrogens is 361 g/mol. The van der Waals surface area contributed by atoms with E-state index < -0.39 is 23.7 Å². The molecule has 0 radical (unpaired) electrons. The number of amides is 1. The van der Waals surface area contributed by atoms with E-state index in [2.05, 4.69) is 5.32 Å². The minimum Gasteiger partial charge on any atom is -0.375 e. The summed E-state index contributed by atoms with van der Waals surface area (Å²) in [5.41, 5.74) is -1.37. The van der Waals surface area contributed by atoms with Crippen LogP contribution in [0.3, 0.4) is 0 Å². The van der Waals surface area contributed by atoms with E-state index in [0.29, 0.717) is 10.6 Å². The zero-order valence-electron chi connectivity index (χ0n) is 11.6. The number of halogens is 3. The molecule has 2 aromatic carbocycles. The fourth-order valence-corrected chi connectivity index (χ4v) is 3.19. The van der Waals surface area contributed by atoms with Crippen LogP contribution < -0.4 is 5.32 Å². The molecule has 2 aromatic rings. The van der Waals surface area contributed by atoms with E-state index in [1.165, 1.54) is 24.3 Å². The summed E-state index contributed by atoms with van der Waals surface area (Å²) >= 11 is 17.9. The van der Waals surface area contributed by atoms with Gasteiger partial charge < -0.3 is 10.4 Å². The third-order valence-electron chi connectivity index (χ3n) is 3.71. The quantitative estimate of drug-likeness (QED) is 0.801. The summed E-state index contributed by atoms with van der Waals surface area (Å²) in [5.74, 6) is -1.15. The predicted molar refractivity (Wildman–Crippen MR) is 89.4 cm³/mol. The van der Waals surface area contributed by atoms with Gasteiger partial charge in [0.05, 0.1) is 17.1 Å². The van der Waals surface area contributed by atoms with Crippen LogP contribution in [0.2, 0.25) is 15.1 Å². The van der Waals surface area contributed by atoms with E-state index >= 15 is 0 Å². The summed E-state index contributed by atoms with van der Waals surface area (Å²) in [6.07, 6.45) is -0.451. The van der Waals surface area contributed by atoms with Crippen molar-refractivity contribution in [3.05, 3.63) is 62.6 Å². The summed E-state index contributed by atoms with van der Waals surface area (Å²) in [4.78, 5) is 24.6. The van der Waals surface area contributed by atoms with Gasteiger partial charge in [-0.15, -0.1) is 0 Å². The van der Waals surface area contributed by atoms with Crippen LogP contribution in [0.15, 0.2) is 36.4 Å². The number of fused-ring (bicyclic) bond motifs is 1. The van der Waals surface area contributed by atoms with Crippen LogP contribution in [-0.4, -0.2) is 16.8 Å². The molecule has 7 heteroatoms. The Kier molecular flexibility index (Phi) is 4.10. The largest absolute Gasteiger partial charge is 0.375 e. The molecule has 0 unspecified atom stereocenters. The number of rotatable bonds is 3. The molecule has 0 aromatic heterocycles. The minimum atomic E-state index is -2.06. The molecule has 0 saturated heterocycles. The number of nitrogens with one attached hydrogen (secondary N) is 1. The van der Waals surface area contributed by atoms with Gasteiger partial charge in [0.2, 0.25) is 0 Å². The molecule has 1 aliphatic rings. The molecular formula is C16H10Cl3NO3. The maximum absolute atomic E-state index is 12.4. The fourth-order valence-electron chi connectivity index (χ4n) is 2.55. The predicted octanol–water partition coefficient (Wildman–Crippen LogP) is 4.06. The van der Waals surface area contributed by atoms with Crippen LogP contribution in [0.5, 0.6) is 0 Å². The van der Waals surface area contributed by atoms with Crippen molar-refractivity contribution in [3.8, 4) is 0 Å². The van der Waals surface area contributed by atoms with Gasteiger partial charge in [-0.3, -0.25) is 9.59 Å². The number of Topliss-reactive ketones (excluding diaryl/α,β-unsaturated/α-hetero) is 1. The molecule has 0 bridgehead atoms. The molecule has 3 rings (SSSR count). The van der Waals surface area contributed by atoms with Crippen LogP contribution in [0.1, 0.15) is 22.3 Å². The van der Waals surface area contributed by atoms with Crippen molar-refractivity contribution in [2.24, 2.45) is 0 Å². The maximum Gasteiger partial charge on any atom is 0.261 e. The number of ketones is 1. The van der Waals surface area contributed by atoms with Crippen LogP contribution in [0.25, 0.3) is 0 Å². The van der Waals surface area contributed by atoms with E-state index in [0.717, 1.165) is 0 Å². The average molecular weight is 371 g/mol. The number of hydrogen-bond acceptors (Lipinski definition) is 3. The summed E-state index contributed by atoms with van der Waals surface area (Å²) in [7, 11) is 0. The highest BCUT2D eigenvalue weighted by Crippen LogP contribution is 2.46. The molecule has 1 amide bonds. The van der Waals surface area contributed by atoms with Gasteiger partial charge in [0.15, 0.2) is 11.4 Å². The van der Waals surface area contributed by atoms with Crippen molar-refractivity contribution in [1.82, 2.24) is 0 Å². The van der Waals surface area contributed by atoms with Gasteiger partial charge in [0.25, 0.3) is 5.91 Å².